The lowest BCUT2D eigenvalue weighted by Crippen LogP contribution is -2.28. The Balaban J connectivity index is 2.73. The van der Waals surface area contributed by atoms with Crippen molar-refractivity contribution in [3.05, 3.63) is 72.6 Å². The highest BCUT2D eigenvalue weighted by Gasteiger charge is 2.08. The molecule has 0 bridgehead atoms. The Morgan fingerprint density at radius 2 is 2.15 bits per heavy atom. The van der Waals surface area contributed by atoms with Crippen LogP contribution in [0.3, 0.4) is 0 Å². The first-order valence-corrected chi connectivity index (χ1v) is 8.66. The van der Waals surface area contributed by atoms with Crippen LogP contribution in [-0.4, -0.2) is 17.8 Å². The van der Waals surface area contributed by atoms with E-state index in [0.717, 1.165) is 33.9 Å². The maximum absolute atomic E-state index is 5.68. The molecule has 0 aliphatic heterocycles. The molecule has 0 aromatic heterocycles. The van der Waals surface area contributed by atoms with Crippen molar-refractivity contribution in [2.24, 2.45) is 11.0 Å². The molecule has 140 valence electrons. The van der Waals surface area contributed by atoms with Gasteiger partial charge in [0.1, 0.15) is 12.4 Å². The number of benzene rings is 1. The number of anilines is 1. The van der Waals surface area contributed by atoms with Crippen LogP contribution in [-0.2, 0) is 11.4 Å². The largest absolute Gasteiger partial charge is 0.391 e. The Hall–Kier alpha value is -2.44. The standard InChI is InChI=1S/C20H28N4OS/c1-6-7-9-15(2)12-13-16(3)23-25-14-18-19(10-8-11-20(18)26)22-17(4)24(5)21/h6-12,22,26H,1,4,13-14,21H2,2-3,5H3/b9-7-,15-12-,23-16?. The minimum Gasteiger partial charge on any atom is -0.391 e. The molecule has 0 heterocycles. The summed E-state index contributed by atoms with van der Waals surface area (Å²) in [5.41, 5.74) is 3.75. The monoisotopic (exact) mass is 372 g/mol. The second kappa shape index (κ2) is 11.2. The Bertz CT molecular complexity index is 721. The van der Waals surface area contributed by atoms with Crippen molar-refractivity contribution in [1.29, 1.82) is 0 Å². The molecule has 0 saturated carbocycles. The number of nitrogens with one attached hydrogen (secondary N) is 1. The van der Waals surface area contributed by atoms with Gasteiger partial charge in [-0.3, -0.25) is 0 Å². The molecule has 1 aromatic rings. The number of hydrazine groups is 1. The predicted molar refractivity (Wildman–Crippen MR) is 114 cm³/mol. The first-order chi connectivity index (χ1) is 12.3. The highest BCUT2D eigenvalue weighted by atomic mass is 32.1. The van der Waals surface area contributed by atoms with Crippen molar-refractivity contribution in [2.45, 2.75) is 31.8 Å². The normalized spacial score (nSPS) is 12.2. The van der Waals surface area contributed by atoms with Gasteiger partial charge in [-0.2, -0.15) is 0 Å². The number of hydrogen-bond donors (Lipinski definition) is 3. The number of thiol groups is 1. The third kappa shape index (κ3) is 7.63. The minimum atomic E-state index is 0.292. The number of allylic oxidation sites excluding steroid dienone is 5. The molecule has 0 radical (unpaired) electrons. The van der Waals surface area contributed by atoms with Crippen molar-refractivity contribution in [1.82, 2.24) is 5.01 Å². The van der Waals surface area contributed by atoms with Crippen molar-refractivity contribution in [3.63, 3.8) is 0 Å². The summed E-state index contributed by atoms with van der Waals surface area (Å²) in [5.74, 6) is 6.25. The first kappa shape index (κ1) is 21.6. The van der Waals surface area contributed by atoms with Crippen LogP contribution >= 0.6 is 12.6 Å². The van der Waals surface area contributed by atoms with E-state index in [4.69, 9.17) is 10.7 Å². The second-order valence-corrected chi connectivity index (χ2v) is 6.31. The van der Waals surface area contributed by atoms with E-state index in [0.29, 0.717) is 12.4 Å². The van der Waals surface area contributed by atoms with Gasteiger partial charge >= 0.3 is 0 Å². The van der Waals surface area contributed by atoms with E-state index >= 15 is 0 Å². The fraction of sp³-hybridized carbons (Fsp3) is 0.250. The predicted octanol–water partition coefficient (Wildman–Crippen LogP) is 4.64. The first-order valence-electron chi connectivity index (χ1n) is 8.21. The molecule has 1 rings (SSSR count). The van der Waals surface area contributed by atoms with Gasteiger partial charge in [-0.25, -0.2) is 5.84 Å². The van der Waals surface area contributed by atoms with Crippen LogP contribution in [0.15, 0.2) is 77.1 Å². The molecule has 0 aliphatic carbocycles. The summed E-state index contributed by atoms with van der Waals surface area (Å²) < 4.78 is 0. The summed E-state index contributed by atoms with van der Waals surface area (Å²) in [6, 6.07) is 5.72. The maximum atomic E-state index is 5.68. The van der Waals surface area contributed by atoms with Gasteiger partial charge in [-0.15, -0.1) is 12.6 Å². The van der Waals surface area contributed by atoms with Gasteiger partial charge in [0.05, 0.1) is 5.71 Å². The number of rotatable bonds is 10. The van der Waals surface area contributed by atoms with Crippen molar-refractivity contribution < 1.29 is 4.84 Å². The average molecular weight is 373 g/mol. The minimum absolute atomic E-state index is 0.292. The van der Waals surface area contributed by atoms with Gasteiger partial charge in [0.15, 0.2) is 0 Å². The van der Waals surface area contributed by atoms with Gasteiger partial charge in [-0.1, -0.05) is 54.3 Å². The van der Waals surface area contributed by atoms with Crippen LogP contribution < -0.4 is 11.2 Å². The van der Waals surface area contributed by atoms with Crippen molar-refractivity contribution >= 4 is 24.0 Å². The van der Waals surface area contributed by atoms with Crippen molar-refractivity contribution in [3.8, 4) is 0 Å². The van der Waals surface area contributed by atoms with Gasteiger partial charge in [0.25, 0.3) is 0 Å². The number of nitrogens with zero attached hydrogens (tertiary/aromatic N) is 2. The van der Waals surface area contributed by atoms with Gasteiger partial charge in [-0.05, 0) is 26.0 Å². The van der Waals surface area contributed by atoms with Crippen LogP contribution in [0.2, 0.25) is 0 Å². The second-order valence-electron chi connectivity index (χ2n) is 5.83. The topological polar surface area (TPSA) is 62.9 Å². The van der Waals surface area contributed by atoms with Gasteiger partial charge in [0.2, 0.25) is 0 Å². The zero-order valence-electron chi connectivity index (χ0n) is 15.7. The van der Waals surface area contributed by atoms with Crippen molar-refractivity contribution in [2.75, 3.05) is 12.4 Å². The fourth-order valence-corrected chi connectivity index (χ4v) is 2.20. The third-order valence-corrected chi connectivity index (χ3v) is 3.92. The average Bonchev–Trinajstić information content (AvgIpc) is 2.60. The molecule has 0 spiro atoms. The number of nitrogens with two attached hydrogens (primary N) is 1. The lowest BCUT2D eigenvalue weighted by molar-refractivity contribution is 0.128. The lowest BCUT2D eigenvalue weighted by Gasteiger charge is -2.19. The molecule has 0 aliphatic rings. The van der Waals surface area contributed by atoms with E-state index < -0.39 is 0 Å². The number of hydrogen-bond acceptors (Lipinski definition) is 6. The Morgan fingerprint density at radius 3 is 2.81 bits per heavy atom. The summed E-state index contributed by atoms with van der Waals surface area (Å²) >= 11 is 4.50. The molecule has 5 nitrogen and oxygen atoms in total. The molecule has 0 unspecified atom stereocenters. The Labute approximate surface area is 162 Å². The SMILES string of the molecule is C=C/C=C\C(C)=C/CC(C)=NOCc1c(S)cccc1NC(=C)N(C)N. The third-order valence-electron chi connectivity index (χ3n) is 3.50. The smallest absolute Gasteiger partial charge is 0.145 e. The van der Waals surface area contributed by atoms with Crippen LogP contribution in [0.1, 0.15) is 25.8 Å². The van der Waals surface area contributed by atoms with Crippen LogP contribution in [0.25, 0.3) is 0 Å². The molecule has 3 N–H and O–H groups in total. The van der Waals surface area contributed by atoms with Crippen LogP contribution in [0.5, 0.6) is 0 Å². The molecular formula is C20H28N4OS. The van der Waals surface area contributed by atoms with E-state index in [1.165, 1.54) is 5.01 Å². The van der Waals surface area contributed by atoms with Gasteiger partial charge in [0, 0.05) is 29.6 Å². The Kier molecular flexibility index (Phi) is 9.33. The molecule has 0 atom stereocenters. The molecule has 26 heavy (non-hydrogen) atoms. The maximum Gasteiger partial charge on any atom is 0.145 e. The summed E-state index contributed by atoms with van der Waals surface area (Å²) in [6.45, 7) is 11.8. The van der Waals surface area contributed by atoms with E-state index in [-0.39, 0.29) is 0 Å². The molecule has 6 heteroatoms. The van der Waals surface area contributed by atoms with E-state index in [9.17, 15) is 0 Å². The summed E-state index contributed by atoms with van der Waals surface area (Å²) in [7, 11) is 1.71. The van der Waals surface area contributed by atoms with E-state index in [1.54, 1.807) is 13.1 Å². The lowest BCUT2D eigenvalue weighted by atomic mass is 10.2. The van der Waals surface area contributed by atoms with E-state index in [2.05, 4.69) is 42.3 Å². The molecule has 0 amide bonds. The number of oxime groups is 1. The Morgan fingerprint density at radius 1 is 1.42 bits per heavy atom. The highest BCUT2D eigenvalue weighted by Crippen LogP contribution is 2.25. The zero-order chi connectivity index (χ0) is 19.5. The molecular weight excluding hydrogens is 344 g/mol. The quantitative estimate of drug-likeness (QED) is 0.184. The van der Waals surface area contributed by atoms with Crippen LogP contribution in [0.4, 0.5) is 5.69 Å². The summed E-state index contributed by atoms with van der Waals surface area (Å²) in [6.07, 6.45) is 8.45. The van der Waals surface area contributed by atoms with Crippen LogP contribution in [0, 0.1) is 0 Å². The zero-order valence-corrected chi connectivity index (χ0v) is 16.6. The van der Waals surface area contributed by atoms with Gasteiger partial charge < -0.3 is 15.2 Å². The fourth-order valence-electron chi connectivity index (χ4n) is 1.93. The highest BCUT2D eigenvalue weighted by molar-refractivity contribution is 7.80. The molecule has 1 aromatic carbocycles. The van der Waals surface area contributed by atoms with E-state index in [1.807, 2.05) is 44.2 Å². The molecule has 0 saturated heterocycles. The molecule has 0 fully saturated rings. The summed E-state index contributed by atoms with van der Waals surface area (Å²) in [4.78, 5) is 6.33. The summed E-state index contributed by atoms with van der Waals surface area (Å²) in [5, 5.41) is 8.74.